The van der Waals surface area contributed by atoms with Gasteiger partial charge in [0.1, 0.15) is 36.2 Å². The highest BCUT2D eigenvalue weighted by molar-refractivity contribution is 5.78. The van der Waals surface area contributed by atoms with Gasteiger partial charge in [-0.2, -0.15) is 0 Å². The number of nitrogens with zero attached hydrogens (tertiary/aromatic N) is 2. The molecule has 0 atom stereocenters. The Balaban J connectivity index is 2.03. The van der Waals surface area contributed by atoms with E-state index >= 15 is 0 Å². The first kappa shape index (κ1) is 57.8. The van der Waals surface area contributed by atoms with Gasteiger partial charge in [0.15, 0.2) is 13.2 Å². The van der Waals surface area contributed by atoms with Crippen molar-refractivity contribution in [3.05, 3.63) is 115 Å². The van der Waals surface area contributed by atoms with Gasteiger partial charge in [0.05, 0.1) is 13.2 Å². The summed E-state index contributed by atoms with van der Waals surface area (Å²) in [5.74, 6) is 2.82. The zero-order valence-electron chi connectivity index (χ0n) is 47.7. The van der Waals surface area contributed by atoms with Gasteiger partial charge in [-0.05, 0) is 116 Å². The summed E-state index contributed by atoms with van der Waals surface area (Å²) in [6, 6.07) is 18.3. The van der Waals surface area contributed by atoms with E-state index in [1.165, 1.54) is 0 Å². The van der Waals surface area contributed by atoms with Gasteiger partial charge in [0, 0.05) is 66.1 Å². The summed E-state index contributed by atoms with van der Waals surface area (Å²) in [4.78, 5) is 31.5. The van der Waals surface area contributed by atoms with Crippen molar-refractivity contribution in [2.24, 2.45) is 0 Å². The molecular weight excluding hydrogens is 901 g/mol. The Bertz CT molecular complexity index is 2220. The predicted octanol–water partition coefficient (Wildman–Crippen LogP) is 12.1. The maximum atomic E-state index is 13.9. The van der Waals surface area contributed by atoms with Crippen LogP contribution in [0.15, 0.2) is 48.5 Å². The van der Waals surface area contributed by atoms with Crippen molar-refractivity contribution in [2.75, 3.05) is 80.0 Å². The summed E-state index contributed by atoms with van der Waals surface area (Å²) < 4.78 is 39.0. The highest BCUT2D eigenvalue weighted by Gasteiger charge is 2.30. The summed E-state index contributed by atoms with van der Waals surface area (Å²) in [5, 5.41) is 0. The summed E-state index contributed by atoms with van der Waals surface area (Å²) in [5.41, 5.74) is 11.6. The maximum absolute atomic E-state index is 13.9. The summed E-state index contributed by atoms with van der Waals surface area (Å²) in [6.45, 7) is 38.6. The third kappa shape index (κ3) is 14.6. The Morgan fingerprint density at radius 2 is 0.583 bits per heavy atom. The number of fused-ring (bicyclic) bond motifs is 8. The van der Waals surface area contributed by atoms with Gasteiger partial charge < -0.3 is 38.2 Å². The molecule has 10 heteroatoms. The molecule has 0 aromatic heterocycles. The molecule has 5 rings (SSSR count). The summed E-state index contributed by atoms with van der Waals surface area (Å²) in [6.07, 6.45) is 1.85. The fraction of sp³-hybridized carbons (Fsp3) is 0.581. The first-order valence-electron chi connectivity index (χ1n) is 26.5. The molecule has 10 nitrogen and oxygen atoms in total. The van der Waals surface area contributed by atoms with E-state index < -0.39 is 0 Å². The highest BCUT2D eigenvalue weighted by atomic mass is 16.5. The van der Waals surface area contributed by atoms with E-state index in [4.69, 9.17) is 28.4 Å². The maximum Gasteiger partial charge on any atom is 0.260 e. The molecule has 4 aromatic carbocycles. The molecular formula is C62H90N2O8. The average molecular weight is 991 g/mol. The largest absolute Gasteiger partial charge is 0.491 e. The molecule has 0 radical (unpaired) electrons. The Labute approximate surface area is 434 Å². The van der Waals surface area contributed by atoms with Crippen LogP contribution in [0.3, 0.4) is 0 Å². The number of hydrogen-bond acceptors (Lipinski definition) is 8. The van der Waals surface area contributed by atoms with Gasteiger partial charge in [-0.1, -0.05) is 132 Å². The summed E-state index contributed by atoms with van der Waals surface area (Å²) in [7, 11) is 3.38. The average Bonchev–Trinajstić information content (AvgIpc) is 3.28. The second kappa shape index (κ2) is 24.3. The Kier molecular flexibility index (Phi) is 19.5. The SMILES string of the molecule is CCN(CC)C(=O)COc1c2cc(C(C)(C)C)cc1Cc1cc(C(C)(C)C)cc(c1OCCOC)Cc1cc(C(C)(C)C)cc(c1OCC(=O)N(CC)CC)Cc1cc(C(C)(C)C)cc(c1OCCOC)C2. The number of hydrogen-bond donors (Lipinski definition) is 0. The number of carbonyl (C=O) groups is 2. The molecule has 0 saturated carbocycles. The monoisotopic (exact) mass is 991 g/mol. The first-order valence-corrected chi connectivity index (χ1v) is 26.5. The normalized spacial score (nSPS) is 13.1. The molecule has 0 unspecified atom stereocenters. The molecule has 0 spiro atoms. The van der Waals surface area contributed by atoms with E-state index in [-0.39, 0.29) is 46.7 Å². The Morgan fingerprint density at radius 3 is 0.764 bits per heavy atom. The number of ether oxygens (including phenoxy) is 6. The van der Waals surface area contributed by atoms with Crippen molar-refractivity contribution in [3.63, 3.8) is 0 Å². The van der Waals surface area contributed by atoms with Crippen molar-refractivity contribution in [2.45, 2.75) is 158 Å². The highest BCUT2D eigenvalue weighted by Crippen LogP contribution is 2.44. The van der Waals surface area contributed by atoms with Crippen molar-refractivity contribution < 1.29 is 38.0 Å². The number of amides is 2. The third-order valence-corrected chi connectivity index (χ3v) is 13.9. The molecule has 1 aliphatic rings. The minimum Gasteiger partial charge on any atom is -0.491 e. The van der Waals surface area contributed by atoms with E-state index in [0.717, 1.165) is 78.3 Å². The van der Waals surface area contributed by atoms with Gasteiger partial charge in [-0.3, -0.25) is 9.59 Å². The lowest BCUT2D eigenvalue weighted by Crippen LogP contribution is -2.34. The molecule has 0 aliphatic heterocycles. The van der Waals surface area contributed by atoms with E-state index in [9.17, 15) is 9.59 Å². The van der Waals surface area contributed by atoms with Crippen LogP contribution in [0.25, 0.3) is 0 Å². The van der Waals surface area contributed by atoms with Gasteiger partial charge in [-0.25, -0.2) is 0 Å². The fourth-order valence-corrected chi connectivity index (χ4v) is 9.42. The van der Waals surface area contributed by atoms with Crippen LogP contribution in [0.5, 0.6) is 23.0 Å². The smallest absolute Gasteiger partial charge is 0.260 e. The molecule has 1 aliphatic carbocycles. The van der Waals surface area contributed by atoms with Crippen molar-refractivity contribution in [1.29, 1.82) is 0 Å². The number of rotatable bonds is 18. The van der Waals surface area contributed by atoms with Gasteiger partial charge >= 0.3 is 0 Å². The zero-order valence-corrected chi connectivity index (χ0v) is 47.7. The number of methoxy groups -OCH3 is 2. The van der Waals surface area contributed by atoms with Crippen molar-refractivity contribution >= 4 is 11.8 Å². The Hall–Kier alpha value is -5.06. The third-order valence-electron chi connectivity index (χ3n) is 13.9. The Morgan fingerprint density at radius 1 is 0.375 bits per heavy atom. The molecule has 0 fully saturated rings. The number of likely N-dealkylation sites (N-methyl/N-ethyl adjacent to an activating group) is 2. The predicted molar refractivity (Wildman–Crippen MR) is 293 cm³/mol. The lowest BCUT2D eigenvalue weighted by molar-refractivity contribution is -0.133. The van der Waals surface area contributed by atoms with Crippen LogP contribution in [0.4, 0.5) is 0 Å². The molecule has 2 amide bonds. The van der Waals surface area contributed by atoms with Crippen LogP contribution in [-0.4, -0.2) is 102 Å². The van der Waals surface area contributed by atoms with Crippen LogP contribution in [-0.2, 0) is 66.4 Å². The fourth-order valence-electron chi connectivity index (χ4n) is 9.42. The van der Waals surface area contributed by atoms with E-state index in [1.807, 2.05) is 37.5 Å². The van der Waals surface area contributed by atoms with E-state index in [0.29, 0.717) is 89.8 Å². The van der Waals surface area contributed by atoms with Gasteiger partial charge in [0.2, 0.25) is 0 Å². The van der Waals surface area contributed by atoms with Gasteiger partial charge in [-0.15, -0.1) is 0 Å². The van der Waals surface area contributed by atoms with Crippen LogP contribution in [0.1, 0.15) is 178 Å². The van der Waals surface area contributed by atoms with Crippen molar-refractivity contribution in [3.8, 4) is 23.0 Å². The van der Waals surface area contributed by atoms with Crippen molar-refractivity contribution in [1.82, 2.24) is 9.80 Å². The molecule has 8 bridgehead atoms. The number of benzene rings is 4. The lowest BCUT2D eigenvalue weighted by atomic mass is 9.79. The molecule has 0 saturated heterocycles. The molecule has 4 aromatic rings. The molecule has 396 valence electrons. The van der Waals surface area contributed by atoms with E-state index in [1.54, 1.807) is 14.2 Å². The topological polar surface area (TPSA) is 96.0 Å². The second-order valence-corrected chi connectivity index (χ2v) is 23.6. The minimum atomic E-state index is -0.233. The summed E-state index contributed by atoms with van der Waals surface area (Å²) >= 11 is 0. The van der Waals surface area contributed by atoms with Crippen LogP contribution in [0.2, 0.25) is 0 Å². The molecule has 0 heterocycles. The lowest BCUT2D eigenvalue weighted by Gasteiger charge is -2.29. The van der Waals surface area contributed by atoms with Crippen LogP contribution in [0, 0.1) is 0 Å². The molecule has 72 heavy (non-hydrogen) atoms. The first-order chi connectivity index (χ1) is 33.8. The van der Waals surface area contributed by atoms with Crippen LogP contribution >= 0.6 is 0 Å². The second-order valence-electron chi connectivity index (χ2n) is 23.6. The minimum absolute atomic E-state index is 0.0623. The zero-order chi connectivity index (χ0) is 53.3. The van der Waals surface area contributed by atoms with E-state index in [2.05, 4.69) is 132 Å². The van der Waals surface area contributed by atoms with Gasteiger partial charge in [0.25, 0.3) is 11.8 Å². The quantitative estimate of drug-likeness (QED) is 0.0801. The number of carbonyl (C=O) groups excluding carboxylic acids is 2. The van der Waals surface area contributed by atoms with Crippen LogP contribution < -0.4 is 18.9 Å². The standard InChI is InChI=1S/C62H90N2O8/c1-19-63(20-2)53(65)39-71-57-45-27-41-31-49(59(5,6)7)33-43(55(41)69-25-23-67-17)29-47-37-52(62(14,15)16)38-48(58(47)72-40-54(66)64(21-3)22-4)30-44-34-50(60(8,9)10)32-42(56(44)70-26-24-68-18)28-46(57)36-51(35-45)61(11,12)13/h31-38H,19-30,39-40H2,1-18H3. The molecule has 0 N–H and O–H groups in total.